The number of hydrazone groups is 1. The topological polar surface area (TPSA) is 71.4 Å². The minimum Gasteiger partial charge on any atom is -0.497 e. The zero-order chi connectivity index (χ0) is 22.1. The molecule has 6 nitrogen and oxygen atoms in total. The number of hydrogen-bond acceptors (Lipinski definition) is 5. The molecular formula is C21H21F3N2O4. The summed E-state index contributed by atoms with van der Waals surface area (Å²) in [4.78, 5) is 12.5. The fraction of sp³-hybridized carbons (Fsp3) is 0.333. The molecule has 1 amide bonds. The van der Waals surface area contributed by atoms with Crippen molar-refractivity contribution >= 4 is 11.6 Å². The number of rotatable bonds is 5. The van der Waals surface area contributed by atoms with Gasteiger partial charge in [0.05, 0.1) is 19.2 Å². The predicted molar refractivity (Wildman–Crippen MR) is 103 cm³/mol. The van der Waals surface area contributed by atoms with Gasteiger partial charge in [-0.1, -0.05) is 6.07 Å². The first kappa shape index (κ1) is 21.6. The van der Waals surface area contributed by atoms with Gasteiger partial charge in [-0.15, -0.1) is 0 Å². The number of aliphatic hydroxyl groups is 1. The van der Waals surface area contributed by atoms with E-state index in [1.165, 1.54) is 19.2 Å². The van der Waals surface area contributed by atoms with Crippen LogP contribution in [0, 0.1) is 13.8 Å². The SMILES string of the molecule is COc1ccc(C2=NN(C(=O)COc3cc(C)cc(C)c3)[C@](O)(C(F)(F)F)C2)cc1. The standard InChI is InChI=1S/C21H21F3N2O4/c1-13-8-14(2)10-17(9-13)30-12-19(27)26-20(28,21(22,23)24)11-18(25-26)15-4-6-16(29-3)7-5-15/h4-10,28H,11-12H2,1-3H3/t20-/m1/s1. The number of aryl methyl sites for hydroxylation is 2. The first-order chi connectivity index (χ1) is 14.0. The molecule has 2 aromatic carbocycles. The van der Waals surface area contributed by atoms with Gasteiger partial charge in [0.25, 0.3) is 11.6 Å². The Morgan fingerprint density at radius 2 is 1.73 bits per heavy atom. The van der Waals surface area contributed by atoms with E-state index >= 15 is 0 Å². The first-order valence-electron chi connectivity index (χ1n) is 9.08. The molecule has 0 bridgehead atoms. The monoisotopic (exact) mass is 422 g/mol. The lowest BCUT2D eigenvalue weighted by atomic mass is 10.0. The van der Waals surface area contributed by atoms with E-state index in [1.54, 1.807) is 24.3 Å². The van der Waals surface area contributed by atoms with Crippen molar-refractivity contribution in [2.45, 2.75) is 32.2 Å². The van der Waals surface area contributed by atoms with Crippen LogP contribution in [0.15, 0.2) is 47.6 Å². The van der Waals surface area contributed by atoms with Crippen LogP contribution in [0.25, 0.3) is 0 Å². The van der Waals surface area contributed by atoms with Crippen molar-refractivity contribution in [1.82, 2.24) is 5.01 Å². The van der Waals surface area contributed by atoms with Gasteiger partial charge in [-0.2, -0.15) is 23.3 Å². The van der Waals surface area contributed by atoms with Gasteiger partial charge in [-0.3, -0.25) is 4.79 Å². The molecule has 2 aromatic rings. The number of ether oxygens (including phenoxy) is 2. The van der Waals surface area contributed by atoms with Crippen molar-refractivity contribution in [3.63, 3.8) is 0 Å². The fourth-order valence-electron chi connectivity index (χ4n) is 3.20. The highest BCUT2D eigenvalue weighted by Crippen LogP contribution is 2.41. The Morgan fingerprint density at radius 1 is 1.13 bits per heavy atom. The number of alkyl halides is 3. The van der Waals surface area contributed by atoms with Crippen LogP contribution in [0.4, 0.5) is 13.2 Å². The normalized spacial score (nSPS) is 18.9. The summed E-state index contributed by atoms with van der Waals surface area (Å²) in [7, 11) is 1.46. The molecule has 30 heavy (non-hydrogen) atoms. The summed E-state index contributed by atoms with van der Waals surface area (Å²) in [5.74, 6) is -0.259. The number of amides is 1. The Balaban J connectivity index is 1.85. The summed E-state index contributed by atoms with van der Waals surface area (Å²) < 4.78 is 51.4. The highest BCUT2D eigenvalue weighted by molar-refractivity contribution is 6.03. The van der Waals surface area contributed by atoms with Gasteiger partial charge in [0.1, 0.15) is 11.5 Å². The number of carbonyl (C=O) groups excluding carboxylic acids is 1. The third-order valence-electron chi connectivity index (χ3n) is 4.66. The molecule has 1 atom stereocenters. The number of benzene rings is 2. The van der Waals surface area contributed by atoms with Crippen LogP contribution in [0.1, 0.15) is 23.1 Å². The third-order valence-corrected chi connectivity index (χ3v) is 4.66. The Kier molecular flexibility index (Phi) is 5.76. The molecule has 0 aromatic heterocycles. The average Bonchev–Trinajstić information content (AvgIpc) is 3.04. The van der Waals surface area contributed by atoms with E-state index in [2.05, 4.69) is 5.10 Å². The lowest BCUT2D eigenvalue weighted by molar-refractivity contribution is -0.302. The lowest BCUT2D eigenvalue weighted by Crippen LogP contribution is -2.57. The molecule has 0 radical (unpaired) electrons. The Bertz CT molecular complexity index is 953. The van der Waals surface area contributed by atoms with Crippen LogP contribution in [0.2, 0.25) is 0 Å². The number of carbonyl (C=O) groups is 1. The molecule has 0 saturated heterocycles. The minimum atomic E-state index is -5.11. The van der Waals surface area contributed by atoms with Gasteiger partial charge in [0.15, 0.2) is 6.61 Å². The summed E-state index contributed by atoms with van der Waals surface area (Å²) >= 11 is 0. The molecule has 0 spiro atoms. The van der Waals surface area contributed by atoms with Gasteiger partial charge in [0, 0.05) is 0 Å². The molecule has 1 N–H and O–H groups in total. The number of methoxy groups -OCH3 is 1. The maximum atomic E-state index is 13.7. The van der Waals surface area contributed by atoms with E-state index in [1.807, 2.05) is 19.9 Å². The van der Waals surface area contributed by atoms with Crippen LogP contribution < -0.4 is 9.47 Å². The van der Waals surface area contributed by atoms with Gasteiger partial charge < -0.3 is 14.6 Å². The smallest absolute Gasteiger partial charge is 0.438 e. The van der Waals surface area contributed by atoms with Crippen LogP contribution >= 0.6 is 0 Å². The zero-order valence-corrected chi connectivity index (χ0v) is 16.7. The Morgan fingerprint density at radius 3 is 2.27 bits per heavy atom. The number of hydrogen-bond donors (Lipinski definition) is 1. The van der Waals surface area contributed by atoms with Gasteiger partial charge in [-0.25, -0.2) is 0 Å². The Hall–Kier alpha value is -3.07. The average molecular weight is 422 g/mol. The third kappa shape index (κ3) is 4.25. The van der Waals surface area contributed by atoms with Crippen molar-refractivity contribution in [2.75, 3.05) is 13.7 Å². The maximum absolute atomic E-state index is 13.7. The molecule has 0 unspecified atom stereocenters. The quantitative estimate of drug-likeness (QED) is 0.800. The van der Waals surface area contributed by atoms with Crippen molar-refractivity contribution in [3.05, 3.63) is 59.2 Å². The predicted octanol–water partition coefficient (Wildman–Crippen LogP) is 3.58. The molecule has 1 heterocycles. The second-order valence-corrected chi connectivity index (χ2v) is 7.08. The van der Waals surface area contributed by atoms with Crippen LogP contribution in [0.3, 0.4) is 0 Å². The maximum Gasteiger partial charge on any atom is 0.438 e. The van der Waals surface area contributed by atoms with Crippen LogP contribution in [-0.4, -0.2) is 47.4 Å². The number of halogens is 3. The Labute approximate surface area is 171 Å². The summed E-state index contributed by atoms with van der Waals surface area (Å²) in [5, 5.41) is 14.2. The first-order valence-corrected chi connectivity index (χ1v) is 9.08. The number of nitrogens with zero attached hydrogens (tertiary/aromatic N) is 2. The van der Waals surface area contributed by atoms with Gasteiger partial charge in [-0.05, 0) is 66.9 Å². The molecule has 1 aliphatic heterocycles. The molecule has 1 aliphatic rings. The van der Waals surface area contributed by atoms with E-state index in [0.29, 0.717) is 17.1 Å². The second kappa shape index (κ2) is 7.98. The van der Waals surface area contributed by atoms with Crippen molar-refractivity contribution < 1.29 is 32.5 Å². The van der Waals surface area contributed by atoms with Crippen molar-refractivity contribution in [3.8, 4) is 11.5 Å². The van der Waals surface area contributed by atoms with Crippen molar-refractivity contribution in [2.24, 2.45) is 5.10 Å². The van der Waals surface area contributed by atoms with Gasteiger partial charge in [0.2, 0.25) is 0 Å². The zero-order valence-electron chi connectivity index (χ0n) is 16.7. The molecule has 0 fully saturated rings. The van der Waals surface area contributed by atoms with E-state index in [9.17, 15) is 23.1 Å². The van der Waals surface area contributed by atoms with Crippen LogP contribution in [-0.2, 0) is 4.79 Å². The summed E-state index contributed by atoms with van der Waals surface area (Å²) in [6.07, 6.45) is -6.00. The minimum absolute atomic E-state index is 0.0647. The molecule has 3 rings (SSSR count). The molecule has 9 heteroatoms. The van der Waals surface area contributed by atoms with E-state index in [4.69, 9.17) is 9.47 Å². The molecule has 160 valence electrons. The van der Waals surface area contributed by atoms with Crippen molar-refractivity contribution in [1.29, 1.82) is 0 Å². The van der Waals surface area contributed by atoms with Crippen LogP contribution in [0.5, 0.6) is 11.5 Å². The molecule has 0 saturated carbocycles. The largest absolute Gasteiger partial charge is 0.497 e. The molecule has 0 aliphatic carbocycles. The fourth-order valence-corrected chi connectivity index (χ4v) is 3.20. The van der Waals surface area contributed by atoms with E-state index in [-0.39, 0.29) is 10.7 Å². The second-order valence-electron chi connectivity index (χ2n) is 7.08. The lowest BCUT2D eigenvalue weighted by Gasteiger charge is -2.32. The summed E-state index contributed by atoms with van der Waals surface area (Å²) in [6.45, 7) is 2.95. The van der Waals surface area contributed by atoms with E-state index in [0.717, 1.165) is 11.1 Å². The summed E-state index contributed by atoms with van der Waals surface area (Å²) in [6, 6.07) is 11.3. The highest BCUT2D eigenvalue weighted by atomic mass is 19.4. The highest BCUT2D eigenvalue weighted by Gasteiger charge is 2.63. The van der Waals surface area contributed by atoms with E-state index < -0.39 is 30.8 Å². The summed E-state index contributed by atoms with van der Waals surface area (Å²) in [5.41, 5.74) is -1.43. The molecular weight excluding hydrogens is 401 g/mol. The van der Waals surface area contributed by atoms with Gasteiger partial charge >= 0.3 is 6.18 Å².